The third-order valence-corrected chi connectivity index (χ3v) is 8.82. The van der Waals surface area contributed by atoms with Gasteiger partial charge in [-0.3, -0.25) is 4.57 Å². The van der Waals surface area contributed by atoms with Crippen LogP contribution in [-0.4, -0.2) is 26.3 Å². The molecule has 0 spiro atoms. The van der Waals surface area contributed by atoms with Crippen LogP contribution in [0.3, 0.4) is 0 Å². The summed E-state index contributed by atoms with van der Waals surface area (Å²) in [5, 5.41) is 0. The molecule has 1 heterocycles. The summed E-state index contributed by atoms with van der Waals surface area (Å²) in [6, 6.07) is 20.4. The van der Waals surface area contributed by atoms with Crippen LogP contribution in [0.25, 0.3) is 0 Å². The van der Waals surface area contributed by atoms with Crippen LogP contribution in [0.4, 0.5) is 0 Å². The van der Waals surface area contributed by atoms with Crippen molar-refractivity contribution in [2.24, 2.45) is 0 Å². The topological polar surface area (TPSA) is 43.8 Å². The van der Waals surface area contributed by atoms with Crippen LogP contribution in [0.5, 0.6) is 0 Å². The van der Waals surface area contributed by atoms with Gasteiger partial charge in [-0.25, -0.2) is 9.34 Å². The van der Waals surface area contributed by atoms with Crippen molar-refractivity contribution in [3.8, 4) is 0 Å². The van der Waals surface area contributed by atoms with Crippen molar-refractivity contribution in [1.29, 1.82) is 0 Å². The van der Waals surface area contributed by atoms with Gasteiger partial charge in [-0.2, -0.15) is 0 Å². The predicted molar refractivity (Wildman–Crippen MR) is 109 cm³/mol. The van der Waals surface area contributed by atoms with E-state index in [0.29, 0.717) is 0 Å². The third-order valence-electron chi connectivity index (χ3n) is 6.33. The molecular weight excluding hydrogens is 355 g/mol. The molecule has 4 rings (SSSR count). The minimum absolute atomic E-state index is 0.0828. The number of hydrogen-bond acceptors (Lipinski definition) is 1. The van der Waals surface area contributed by atoms with Gasteiger partial charge in [0.1, 0.15) is 0 Å². The van der Waals surface area contributed by atoms with E-state index in [1.807, 2.05) is 45.7 Å². The van der Waals surface area contributed by atoms with Crippen LogP contribution >= 0.6 is 7.67 Å². The molecule has 0 bridgehead atoms. The van der Waals surface area contributed by atoms with E-state index in [1.54, 1.807) is 0 Å². The summed E-state index contributed by atoms with van der Waals surface area (Å²) in [6.07, 6.45) is 4.24. The maximum absolute atomic E-state index is 13.9. The normalized spacial score (nSPS) is 31.4. The molecule has 0 aromatic heterocycles. The molecule has 2 unspecified atom stereocenters. The SMILES string of the molecule is C[C@@H](c1ccccc1)N1C2CCCC[C@H]2N([C@@H](C)c2ccccc2)P1(=O)O. The summed E-state index contributed by atoms with van der Waals surface area (Å²) < 4.78 is 17.8. The van der Waals surface area contributed by atoms with Crippen molar-refractivity contribution in [2.45, 2.75) is 63.7 Å². The Morgan fingerprint density at radius 2 is 1.19 bits per heavy atom. The van der Waals surface area contributed by atoms with Gasteiger partial charge in [0, 0.05) is 24.2 Å². The molecule has 1 saturated heterocycles. The number of fused-ring (bicyclic) bond motifs is 1. The van der Waals surface area contributed by atoms with Gasteiger partial charge in [-0.05, 0) is 37.8 Å². The van der Waals surface area contributed by atoms with Crippen molar-refractivity contribution in [1.82, 2.24) is 9.34 Å². The summed E-state index contributed by atoms with van der Waals surface area (Å²) >= 11 is 0. The molecule has 5 atom stereocenters. The fraction of sp³-hybridized carbons (Fsp3) is 0.455. The van der Waals surface area contributed by atoms with Gasteiger partial charge < -0.3 is 4.89 Å². The molecule has 27 heavy (non-hydrogen) atoms. The zero-order valence-electron chi connectivity index (χ0n) is 16.1. The quantitative estimate of drug-likeness (QED) is 0.703. The summed E-state index contributed by atoms with van der Waals surface area (Å²) in [4.78, 5) is 11.4. The molecule has 0 amide bonds. The van der Waals surface area contributed by atoms with E-state index in [4.69, 9.17) is 0 Å². The van der Waals surface area contributed by atoms with Crippen molar-refractivity contribution in [3.05, 3.63) is 71.8 Å². The first-order valence-corrected chi connectivity index (χ1v) is 11.6. The van der Waals surface area contributed by atoms with Crippen molar-refractivity contribution < 1.29 is 9.46 Å². The van der Waals surface area contributed by atoms with E-state index in [0.717, 1.165) is 36.8 Å². The highest BCUT2D eigenvalue weighted by atomic mass is 31.2. The second-order valence-corrected chi connectivity index (χ2v) is 9.82. The fourth-order valence-corrected chi connectivity index (χ4v) is 7.73. The molecule has 2 aromatic rings. The lowest BCUT2D eigenvalue weighted by atomic mass is 9.88. The van der Waals surface area contributed by atoms with Crippen molar-refractivity contribution >= 4 is 7.67 Å². The summed E-state index contributed by atoms with van der Waals surface area (Å²) in [5.41, 5.74) is 2.20. The van der Waals surface area contributed by atoms with Crippen LogP contribution in [0.15, 0.2) is 60.7 Å². The molecule has 1 aliphatic carbocycles. The second kappa shape index (κ2) is 7.52. The standard InChI is InChI=1S/C22H29N2O2P/c1-17(19-11-5-3-6-12-19)23-21-15-9-10-16-22(21)24(27(23,25)26)18(2)20-13-7-4-8-14-20/h3-8,11-14,17-18,21-22H,9-10,15-16H2,1-2H3,(H,25,26)/t17-,18-,21+,22?/m0/s1. The third kappa shape index (κ3) is 3.30. The summed E-state index contributed by atoms with van der Waals surface area (Å²) in [6.45, 7) is 4.14. The highest BCUT2D eigenvalue weighted by Crippen LogP contribution is 2.66. The van der Waals surface area contributed by atoms with Crippen LogP contribution in [0.1, 0.15) is 62.7 Å². The van der Waals surface area contributed by atoms with Gasteiger partial charge in [0.05, 0.1) is 0 Å². The van der Waals surface area contributed by atoms with Gasteiger partial charge >= 0.3 is 7.67 Å². The molecule has 2 aliphatic rings. The number of nitrogens with zero attached hydrogens (tertiary/aromatic N) is 2. The van der Waals surface area contributed by atoms with E-state index in [2.05, 4.69) is 38.1 Å². The molecule has 1 N–H and O–H groups in total. The van der Waals surface area contributed by atoms with E-state index in [9.17, 15) is 9.46 Å². The molecule has 144 valence electrons. The molecule has 2 fully saturated rings. The lowest BCUT2D eigenvalue weighted by molar-refractivity contribution is 0.166. The summed E-state index contributed by atoms with van der Waals surface area (Å²) in [7, 11) is -3.65. The van der Waals surface area contributed by atoms with Gasteiger partial charge in [0.25, 0.3) is 0 Å². The van der Waals surface area contributed by atoms with Gasteiger partial charge in [-0.1, -0.05) is 73.5 Å². The van der Waals surface area contributed by atoms with E-state index >= 15 is 0 Å². The van der Waals surface area contributed by atoms with E-state index in [-0.39, 0.29) is 24.2 Å². The largest absolute Gasteiger partial charge is 0.345 e. The molecule has 4 nitrogen and oxygen atoms in total. The van der Waals surface area contributed by atoms with E-state index in [1.165, 1.54) is 0 Å². The molecule has 5 heteroatoms. The summed E-state index contributed by atoms with van der Waals surface area (Å²) in [5.74, 6) is 0. The Hall–Kier alpha value is -1.45. The lowest BCUT2D eigenvalue weighted by Gasteiger charge is -2.34. The molecular formula is C22H29N2O2P. The average molecular weight is 384 g/mol. The van der Waals surface area contributed by atoms with Gasteiger partial charge in [-0.15, -0.1) is 0 Å². The Kier molecular flexibility index (Phi) is 5.26. The van der Waals surface area contributed by atoms with Gasteiger partial charge in [0.2, 0.25) is 0 Å². The Bertz CT molecular complexity index is 748. The van der Waals surface area contributed by atoms with E-state index < -0.39 is 7.67 Å². The second-order valence-electron chi connectivity index (χ2n) is 7.87. The number of rotatable bonds is 4. The highest BCUT2D eigenvalue weighted by Gasteiger charge is 2.57. The van der Waals surface area contributed by atoms with Crippen LogP contribution < -0.4 is 0 Å². The Morgan fingerprint density at radius 3 is 1.56 bits per heavy atom. The Morgan fingerprint density at radius 1 is 0.815 bits per heavy atom. The average Bonchev–Trinajstić information content (AvgIpc) is 2.94. The van der Waals surface area contributed by atoms with Gasteiger partial charge in [0.15, 0.2) is 0 Å². The Labute approximate surface area is 162 Å². The maximum atomic E-state index is 13.9. The van der Waals surface area contributed by atoms with Crippen LogP contribution in [-0.2, 0) is 4.57 Å². The molecule has 1 aliphatic heterocycles. The van der Waals surface area contributed by atoms with Crippen molar-refractivity contribution in [3.63, 3.8) is 0 Å². The first kappa shape index (κ1) is 18.9. The highest BCUT2D eigenvalue weighted by molar-refractivity contribution is 7.53. The number of benzene rings is 2. The zero-order chi connectivity index (χ0) is 19.0. The monoisotopic (exact) mass is 384 g/mol. The maximum Gasteiger partial charge on any atom is 0.345 e. The minimum Gasteiger partial charge on any atom is -0.322 e. The first-order chi connectivity index (χ1) is 13.0. The Balaban J connectivity index is 1.73. The fourth-order valence-electron chi connectivity index (χ4n) is 5.01. The smallest absolute Gasteiger partial charge is 0.322 e. The molecule has 0 radical (unpaired) electrons. The van der Waals surface area contributed by atoms with Crippen LogP contribution in [0.2, 0.25) is 0 Å². The minimum atomic E-state index is -3.65. The van der Waals surface area contributed by atoms with Crippen LogP contribution in [0, 0.1) is 0 Å². The predicted octanol–water partition coefficient (Wildman–Crippen LogP) is 5.54. The molecule has 2 aromatic carbocycles. The lowest BCUT2D eigenvalue weighted by Crippen LogP contribution is -2.41. The molecule has 1 saturated carbocycles. The first-order valence-electron chi connectivity index (χ1n) is 10.0. The zero-order valence-corrected chi connectivity index (χ0v) is 17.0. The van der Waals surface area contributed by atoms with Crippen molar-refractivity contribution in [2.75, 3.05) is 0 Å². The number of hydrogen-bond donors (Lipinski definition) is 1.